The van der Waals surface area contributed by atoms with Gasteiger partial charge in [-0.1, -0.05) is 0 Å². The van der Waals surface area contributed by atoms with E-state index in [0.717, 1.165) is 10.5 Å². The van der Waals surface area contributed by atoms with E-state index < -0.39 is 38.4 Å². The third kappa shape index (κ3) is 3.57. The van der Waals surface area contributed by atoms with Gasteiger partial charge in [-0.15, -0.1) is 0 Å². The summed E-state index contributed by atoms with van der Waals surface area (Å²) >= 11 is 0. The van der Waals surface area contributed by atoms with Crippen molar-refractivity contribution in [2.45, 2.75) is 17.4 Å². The molecule has 10 heteroatoms. The quantitative estimate of drug-likeness (QED) is 0.759. The average Bonchev–Trinajstić information content (AvgIpc) is 2.76. The number of carbonyl (C=O) groups is 1. The highest BCUT2D eigenvalue weighted by Gasteiger charge is 2.39. The molecule has 8 nitrogen and oxygen atoms in total. The van der Waals surface area contributed by atoms with E-state index in [-0.39, 0.29) is 22.8 Å². The first kappa shape index (κ1) is 15.9. The molecule has 1 fully saturated rings. The lowest BCUT2D eigenvalue weighted by atomic mass is 10.2. The second-order valence-electron chi connectivity index (χ2n) is 4.69. The minimum atomic E-state index is -4.10. The van der Waals surface area contributed by atoms with Gasteiger partial charge in [0.15, 0.2) is 9.84 Å². The van der Waals surface area contributed by atoms with E-state index in [1.165, 1.54) is 18.3 Å². The summed E-state index contributed by atoms with van der Waals surface area (Å²) in [5.74, 6) is -1.84. The molecular formula is C11H14N2O6S2. The largest absolute Gasteiger partial charge is 0.480 e. The third-order valence-electron chi connectivity index (χ3n) is 3.15. The number of rotatable bonds is 5. The third-order valence-corrected chi connectivity index (χ3v) is 6.78. The van der Waals surface area contributed by atoms with Crippen LogP contribution in [0.1, 0.15) is 6.42 Å². The standard InChI is InChI=1S/C11H14N2O6S2/c14-11(15)7-13(9-3-5-20(16,17)8-9)21(18,19)10-2-1-4-12-6-10/h1-2,4,6,9H,3,5,7-8H2,(H,14,15). The van der Waals surface area contributed by atoms with Gasteiger partial charge in [0.1, 0.15) is 11.4 Å². The van der Waals surface area contributed by atoms with Crippen molar-refractivity contribution in [3.8, 4) is 0 Å². The highest BCUT2D eigenvalue weighted by molar-refractivity contribution is 7.92. The Balaban J connectivity index is 2.39. The summed E-state index contributed by atoms with van der Waals surface area (Å²) in [6.07, 6.45) is 2.59. The molecule has 1 aromatic heterocycles. The number of pyridine rings is 1. The smallest absolute Gasteiger partial charge is 0.318 e. The molecule has 0 bridgehead atoms. The van der Waals surface area contributed by atoms with Gasteiger partial charge in [0.2, 0.25) is 10.0 Å². The maximum atomic E-state index is 12.5. The summed E-state index contributed by atoms with van der Waals surface area (Å²) in [5.41, 5.74) is 0. The van der Waals surface area contributed by atoms with E-state index in [4.69, 9.17) is 5.11 Å². The number of hydrogen-bond donors (Lipinski definition) is 1. The normalized spacial score (nSPS) is 21.5. The topological polar surface area (TPSA) is 122 Å². The molecule has 2 rings (SSSR count). The van der Waals surface area contributed by atoms with E-state index in [1.807, 2.05) is 0 Å². The van der Waals surface area contributed by atoms with Gasteiger partial charge in [0, 0.05) is 18.4 Å². The summed E-state index contributed by atoms with van der Waals surface area (Å²) in [4.78, 5) is 14.5. The van der Waals surface area contributed by atoms with Crippen LogP contribution in [-0.2, 0) is 24.7 Å². The zero-order valence-electron chi connectivity index (χ0n) is 10.9. The Hall–Kier alpha value is -1.52. The van der Waals surface area contributed by atoms with Crippen LogP contribution in [0.5, 0.6) is 0 Å². The SMILES string of the molecule is O=C(O)CN(C1CCS(=O)(=O)C1)S(=O)(=O)c1cccnc1. The first-order chi connectivity index (χ1) is 9.72. The van der Waals surface area contributed by atoms with Crippen LogP contribution in [0.3, 0.4) is 0 Å². The van der Waals surface area contributed by atoms with E-state index in [0.29, 0.717) is 0 Å². The van der Waals surface area contributed by atoms with Crippen molar-refractivity contribution in [1.82, 2.24) is 9.29 Å². The minimum Gasteiger partial charge on any atom is -0.480 e. The summed E-state index contributed by atoms with van der Waals surface area (Å²) in [7, 11) is -7.44. The lowest BCUT2D eigenvalue weighted by Crippen LogP contribution is -2.44. The summed E-state index contributed by atoms with van der Waals surface area (Å²) < 4.78 is 48.7. The predicted octanol–water partition coefficient (Wildman–Crippen LogP) is -0.656. The van der Waals surface area contributed by atoms with E-state index in [9.17, 15) is 21.6 Å². The van der Waals surface area contributed by atoms with Crippen molar-refractivity contribution in [2.24, 2.45) is 0 Å². The summed E-state index contributed by atoms with van der Waals surface area (Å²) in [5, 5.41) is 8.91. The van der Waals surface area contributed by atoms with Crippen LogP contribution >= 0.6 is 0 Å². The van der Waals surface area contributed by atoms with Crippen LogP contribution in [0.4, 0.5) is 0 Å². The van der Waals surface area contributed by atoms with Crippen LogP contribution in [0.15, 0.2) is 29.4 Å². The van der Waals surface area contributed by atoms with Crippen LogP contribution < -0.4 is 0 Å². The molecule has 0 aliphatic carbocycles. The molecule has 1 aliphatic heterocycles. The number of aliphatic carboxylic acids is 1. The van der Waals surface area contributed by atoms with Crippen LogP contribution in [0, 0.1) is 0 Å². The Labute approximate surface area is 122 Å². The Bertz CT molecular complexity index is 729. The number of aromatic nitrogens is 1. The monoisotopic (exact) mass is 334 g/mol. The van der Waals surface area contributed by atoms with Crippen molar-refractivity contribution in [1.29, 1.82) is 0 Å². The first-order valence-corrected chi connectivity index (χ1v) is 9.32. The van der Waals surface area contributed by atoms with Gasteiger partial charge in [0.25, 0.3) is 0 Å². The molecule has 0 radical (unpaired) electrons. The molecule has 1 saturated heterocycles. The first-order valence-electron chi connectivity index (χ1n) is 6.06. The second-order valence-corrected chi connectivity index (χ2v) is 8.81. The van der Waals surface area contributed by atoms with Crippen molar-refractivity contribution in [3.05, 3.63) is 24.5 Å². The second kappa shape index (κ2) is 5.70. The number of hydrogen-bond acceptors (Lipinski definition) is 6. The fourth-order valence-corrected chi connectivity index (χ4v) is 5.57. The maximum Gasteiger partial charge on any atom is 0.318 e. The molecule has 0 saturated carbocycles. The summed E-state index contributed by atoms with van der Waals surface area (Å²) in [6, 6.07) is 1.84. The number of sulfonamides is 1. The van der Waals surface area contributed by atoms with Gasteiger partial charge >= 0.3 is 5.97 Å². The molecule has 21 heavy (non-hydrogen) atoms. The fraction of sp³-hybridized carbons (Fsp3) is 0.455. The zero-order valence-corrected chi connectivity index (χ0v) is 12.5. The molecule has 2 heterocycles. The molecule has 116 valence electrons. The van der Waals surface area contributed by atoms with Gasteiger partial charge in [-0.05, 0) is 18.6 Å². The van der Waals surface area contributed by atoms with Gasteiger partial charge < -0.3 is 5.11 Å². The zero-order chi connectivity index (χ0) is 15.7. The van der Waals surface area contributed by atoms with Gasteiger partial charge in [0.05, 0.1) is 11.5 Å². The Morgan fingerprint density at radius 2 is 2.19 bits per heavy atom. The molecule has 1 aromatic rings. The lowest BCUT2D eigenvalue weighted by molar-refractivity contribution is -0.137. The number of carboxylic acids is 1. The van der Waals surface area contributed by atoms with Crippen LogP contribution in [0.25, 0.3) is 0 Å². The van der Waals surface area contributed by atoms with E-state index in [1.54, 1.807) is 0 Å². The minimum absolute atomic E-state index is 0.0924. The molecule has 1 N–H and O–H groups in total. The van der Waals surface area contributed by atoms with Crippen molar-refractivity contribution < 1.29 is 26.7 Å². The maximum absolute atomic E-state index is 12.5. The molecular weight excluding hydrogens is 320 g/mol. The molecule has 0 aromatic carbocycles. The molecule has 1 unspecified atom stereocenters. The fourth-order valence-electron chi connectivity index (χ4n) is 2.18. The van der Waals surface area contributed by atoms with E-state index >= 15 is 0 Å². The predicted molar refractivity (Wildman–Crippen MR) is 72.8 cm³/mol. The van der Waals surface area contributed by atoms with Crippen LogP contribution in [0.2, 0.25) is 0 Å². The summed E-state index contributed by atoms with van der Waals surface area (Å²) in [6.45, 7) is -0.780. The highest BCUT2D eigenvalue weighted by Crippen LogP contribution is 2.24. The Morgan fingerprint density at radius 3 is 2.67 bits per heavy atom. The molecule has 0 amide bonds. The lowest BCUT2D eigenvalue weighted by Gasteiger charge is -2.25. The van der Waals surface area contributed by atoms with Gasteiger partial charge in [-0.2, -0.15) is 4.31 Å². The van der Waals surface area contributed by atoms with Crippen LogP contribution in [-0.4, -0.2) is 61.3 Å². The van der Waals surface area contributed by atoms with E-state index in [2.05, 4.69) is 4.98 Å². The number of nitrogens with zero attached hydrogens (tertiary/aromatic N) is 2. The average molecular weight is 334 g/mol. The van der Waals surface area contributed by atoms with Crippen molar-refractivity contribution in [2.75, 3.05) is 18.1 Å². The molecule has 1 atom stereocenters. The molecule has 1 aliphatic rings. The highest BCUT2D eigenvalue weighted by atomic mass is 32.2. The van der Waals surface area contributed by atoms with Gasteiger partial charge in [-0.3, -0.25) is 9.78 Å². The van der Waals surface area contributed by atoms with Crippen molar-refractivity contribution >= 4 is 25.8 Å². The number of carboxylic acid groups (broad SMARTS) is 1. The van der Waals surface area contributed by atoms with Gasteiger partial charge in [-0.25, -0.2) is 16.8 Å². The number of sulfone groups is 1. The Kier molecular flexibility index (Phi) is 4.30. The van der Waals surface area contributed by atoms with Crippen molar-refractivity contribution in [3.63, 3.8) is 0 Å². The molecule has 0 spiro atoms. The Morgan fingerprint density at radius 1 is 1.48 bits per heavy atom.